The van der Waals surface area contributed by atoms with E-state index in [4.69, 9.17) is 21.3 Å². The van der Waals surface area contributed by atoms with Gasteiger partial charge in [0.05, 0.1) is 17.8 Å². The molecule has 0 unspecified atom stereocenters. The molecule has 2 aromatic carbocycles. The lowest BCUT2D eigenvalue weighted by atomic mass is 10.1. The fraction of sp³-hybridized carbons (Fsp3) is 0. The first-order valence-corrected chi connectivity index (χ1v) is 7.73. The Morgan fingerprint density at radius 1 is 1.12 bits per heavy atom. The number of halogens is 1. The summed E-state index contributed by atoms with van der Waals surface area (Å²) in [5.41, 5.74) is 4.09. The van der Waals surface area contributed by atoms with Crippen molar-refractivity contribution in [2.24, 2.45) is 5.10 Å². The SMILES string of the molecule is N#Cc1ccccc1-c1ccc(/C=N/NC(=O)c2ccc(Cl)cc2)o1. The monoisotopic (exact) mass is 349 g/mol. The number of furan rings is 1. The van der Waals surface area contributed by atoms with Crippen LogP contribution in [-0.4, -0.2) is 12.1 Å². The first kappa shape index (κ1) is 16.5. The molecule has 1 N–H and O–H groups in total. The summed E-state index contributed by atoms with van der Waals surface area (Å²) in [6.45, 7) is 0. The number of carbonyl (C=O) groups is 1. The van der Waals surface area contributed by atoms with E-state index in [2.05, 4.69) is 16.6 Å². The van der Waals surface area contributed by atoms with Crippen molar-refractivity contribution in [3.63, 3.8) is 0 Å². The Kier molecular flexibility index (Phi) is 4.93. The van der Waals surface area contributed by atoms with Crippen molar-refractivity contribution in [1.29, 1.82) is 5.26 Å². The predicted molar refractivity (Wildman–Crippen MR) is 95.4 cm³/mol. The molecule has 1 aromatic heterocycles. The van der Waals surface area contributed by atoms with Gasteiger partial charge in [-0.1, -0.05) is 23.7 Å². The fourth-order valence-electron chi connectivity index (χ4n) is 2.18. The summed E-state index contributed by atoms with van der Waals surface area (Å²) in [6.07, 6.45) is 1.40. The van der Waals surface area contributed by atoms with Gasteiger partial charge < -0.3 is 4.42 Å². The van der Waals surface area contributed by atoms with Gasteiger partial charge in [-0.3, -0.25) is 4.79 Å². The van der Waals surface area contributed by atoms with Crippen molar-refractivity contribution in [1.82, 2.24) is 5.43 Å². The van der Waals surface area contributed by atoms with E-state index in [-0.39, 0.29) is 5.91 Å². The highest BCUT2D eigenvalue weighted by atomic mass is 35.5. The zero-order chi connectivity index (χ0) is 17.6. The third-order valence-electron chi connectivity index (χ3n) is 3.40. The number of benzene rings is 2. The van der Waals surface area contributed by atoms with Crippen LogP contribution in [0.25, 0.3) is 11.3 Å². The summed E-state index contributed by atoms with van der Waals surface area (Å²) in [6, 6.07) is 19.2. The molecule has 3 rings (SSSR count). The molecule has 0 bridgehead atoms. The molecule has 0 aliphatic rings. The number of hydrogen-bond donors (Lipinski definition) is 1. The van der Waals surface area contributed by atoms with E-state index >= 15 is 0 Å². The molecular formula is C19H12ClN3O2. The molecule has 5 nitrogen and oxygen atoms in total. The van der Waals surface area contributed by atoms with E-state index in [1.165, 1.54) is 6.21 Å². The van der Waals surface area contributed by atoms with Crippen LogP contribution >= 0.6 is 11.6 Å². The van der Waals surface area contributed by atoms with Crippen molar-refractivity contribution in [3.05, 3.63) is 82.6 Å². The molecule has 0 saturated heterocycles. The summed E-state index contributed by atoms with van der Waals surface area (Å²) >= 11 is 5.78. The van der Waals surface area contributed by atoms with Gasteiger partial charge in [0.2, 0.25) is 0 Å². The minimum atomic E-state index is -0.352. The highest BCUT2D eigenvalue weighted by Crippen LogP contribution is 2.24. The molecule has 0 aliphatic carbocycles. The summed E-state index contributed by atoms with van der Waals surface area (Å²) in [7, 11) is 0. The van der Waals surface area contributed by atoms with Crippen LogP contribution in [0.3, 0.4) is 0 Å². The first-order chi connectivity index (χ1) is 12.2. The van der Waals surface area contributed by atoms with Gasteiger partial charge in [0, 0.05) is 16.1 Å². The number of nitriles is 1. The number of nitrogens with one attached hydrogen (secondary N) is 1. The Bertz CT molecular complexity index is 969. The van der Waals surface area contributed by atoms with Gasteiger partial charge in [0.25, 0.3) is 5.91 Å². The quantitative estimate of drug-likeness (QED) is 0.565. The Morgan fingerprint density at radius 2 is 1.88 bits per heavy atom. The third-order valence-corrected chi connectivity index (χ3v) is 3.66. The van der Waals surface area contributed by atoms with Gasteiger partial charge in [0.15, 0.2) is 0 Å². The zero-order valence-electron chi connectivity index (χ0n) is 12.9. The van der Waals surface area contributed by atoms with Gasteiger partial charge in [-0.15, -0.1) is 0 Å². The van der Waals surface area contributed by atoms with Crippen LogP contribution < -0.4 is 5.43 Å². The molecule has 0 radical (unpaired) electrons. The lowest BCUT2D eigenvalue weighted by molar-refractivity contribution is 0.0955. The standard InChI is InChI=1S/C19H12ClN3O2/c20-15-7-5-13(6-8-15)19(24)23-22-12-16-9-10-18(25-16)17-4-2-1-3-14(17)11-21/h1-10,12H,(H,23,24)/b22-12+. The fourth-order valence-corrected chi connectivity index (χ4v) is 2.31. The molecule has 0 fully saturated rings. The molecular weight excluding hydrogens is 338 g/mol. The van der Waals surface area contributed by atoms with Crippen LogP contribution in [0.5, 0.6) is 0 Å². The third kappa shape index (κ3) is 3.94. The van der Waals surface area contributed by atoms with Gasteiger partial charge in [-0.05, 0) is 48.5 Å². The minimum absolute atomic E-state index is 0.352. The predicted octanol–water partition coefficient (Wildman–Crippen LogP) is 4.24. The average molecular weight is 350 g/mol. The first-order valence-electron chi connectivity index (χ1n) is 7.35. The Balaban J connectivity index is 1.69. The highest BCUT2D eigenvalue weighted by molar-refractivity contribution is 6.30. The molecule has 0 aliphatic heterocycles. The average Bonchev–Trinajstić information content (AvgIpc) is 3.11. The van der Waals surface area contributed by atoms with Gasteiger partial charge in [0.1, 0.15) is 11.5 Å². The van der Waals surface area contributed by atoms with Crippen LogP contribution in [0.15, 0.2) is 70.2 Å². The topological polar surface area (TPSA) is 78.4 Å². The largest absolute Gasteiger partial charge is 0.455 e. The molecule has 0 atom stereocenters. The van der Waals surface area contributed by atoms with Gasteiger partial charge >= 0.3 is 0 Å². The number of rotatable bonds is 4. The second-order valence-electron chi connectivity index (χ2n) is 5.07. The van der Waals surface area contributed by atoms with E-state index < -0.39 is 0 Å². The number of nitrogens with zero attached hydrogens (tertiary/aromatic N) is 2. The maximum Gasteiger partial charge on any atom is 0.271 e. The summed E-state index contributed by atoms with van der Waals surface area (Å²) in [4.78, 5) is 11.9. The lowest BCUT2D eigenvalue weighted by Gasteiger charge is -1.99. The smallest absolute Gasteiger partial charge is 0.271 e. The van der Waals surface area contributed by atoms with Crippen LogP contribution in [0.2, 0.25) is 5.02 Å². The van der Waals surface area contributed by atoms with Crippen LogP contribution in [0.1, 0.15) is 21.7 Å². The van der Waals surface area contributed by atoms with Crippen molar-refractivity contribution in [2.75, 3.05) is 0 Å². The maximum absolute atomic E-state index is 11.9. The number of hydrazone groups is 1. The highest BCUT2D eigenvalue weighted by Gasteiger charge is 2.08. The van der Waals surface area contributed by atoms with Crippen LogP contribution in [-0.2, 0) is 0 Å². The maximum atomic E-state index is 11.9. The Labute approximate surface area is 149 Å². The minimum Gasteiger partial charge on any atom is -0.455 e. The molecule has 0 spiro atoms. The van der Waals surface area contributed by atoms with E-state index in [0.717, 1.165) is 0 Å². The summed E-state index contributed by atoms with van der Waals surface area (Å²) < 4.78 is 5.65. The normalized spacial score (nSPS) is 10.6. The van der Waals surface area contributed by atoms with E-state index in [1.807, 2.05) is 6.07 Å². The van der Waals surface area contributed by atoms with Crippen LogP contribution in [0.4, 0.5) is 0 Å². The second kappa shape index (κ2) is 7.47. The molecule has 1 heterocycles. The zero-order valence-corrected chi connectivity index (χ0v) is 13.7. The number of hydrogen-bond acceptors (Lipinski definition) is 4. The van der Waals surface area contributed by atoms with Crippen LogP contribution in [0, 0.1) is 11.3 Å². The van der Waals surface area contributed by atoms with Gasteiger partial charge in [-0.2, -0.15) is 10.4 Å². The molecule has 3 aromatic rings. The molecule has 122 valence electrons. The summed E-state index contributed by atoms with van der Waals surface area (Å²) in [5, 5.41) is 13.6. The van der Waals surface area contributed by atoms with Crippen molar-refractivity contribution < 1.29 is 9.21 Å². The Hall–Kier alpha value is -3.36. The van der Waals surface area contributed by atoms with Crippen molar-refractivity contribution >= 4 is 23.7 Å². The second-order valence-corrected chi connectivity index (χ2v) is 5.50. The molecule has 25 heavy (non-hydrogen) atoms. The van der Waals surface area contributed by atoms with E-state index in [0.29, 0.717) is 33.2 Å². The van der Waals surface area contributed by atoms with Crippen molar-refractivity contribution in [2.45, 2.75) is 0 Å². The van der Waals surface area contributed by atoms with Gasteiger partial charge in [-0.25, -0.2) is 5.43 Å². The van der Waals surface area contributed by atoms with Crippen molar-refractivity contribution in [3.8, 4) is 17.4 Å². The van der Waals surface area contributed by atoms with E-state index in [1.54, 1.807) is 54.6 Å². The molecule has 6 heteroatoms. The molecule has 1 amide bonds. The number of amides is 1. The molecule has 0 saturated carbocycles. The lowest BCUT2D eigenvalue weighted by Crippen LogP contribution is -2.17. The Morgan fingerprint density at radius 3 is 2.64 bits per heavy atom. The number of carbonyl (C=O) groups excluding carboxylic acids is 1. The van der Waals surface area contributed by atoms with E-state index in [9.17, 15) is 4.79 Å². The summed E-state index contributed by atoms with van der Waals surface area (Å²) in [5.74, 6) is 0.663.